The van der Waals surface area contributed by atoms with Gasteiger partial charge in [0, 0.05) is 12.6 Å². The van der Waals surface area contributed by atoms with Crippen LogP contribution in [0.2, 0.25) is 0 Å². The number of nitrogens with one attached hydrogen (secondary N) is 3. The number of carbonyl (C=O) groups is 3. The first-order valence-corrected chi connectivity index (χ1v) is 9.76. The van der Waals surface area contributed by atoms with Gasteiger partial charge in [-0.05, 0) is 36.8 Å². The SMILES string of the molecule is CC(=O)NC(CC(=O)NCC(=O)Nc1ccc(-n2cncn2)cc1)c1ccc(C)cc1. The maximum atomic E-state index is 12.4. The molecule has 0 aliphatic rings. The minimum atomic E-state index is -0.467. The van der Waals surface area contributed by atoms with Gasteiger partial charge in [-0.1, -0.05) is 29.8 Å². The lowest BCUT2D eigenvalue weighted by Gasteiger charge is -2.18. The van der Waals surface area contributed by atoms with Crippen LogP contribution in [-0.4, -0.2) is 39.0 Å². The zero-order chi connectivity index (χ0) is 22.2. The van der Waals surface area contributed by atoms with Crippen molar-refractivity contribution in [3.8, 4) is 5.69 Å². The van der Waals surface area contributed by atoms with Crippen LogP contribution in [0, 0.1) is 6.92 Å². The molecule has 9 heteroatoms. The van der Waals surface area contributed by atoms with Crippen molar-refractivity contribution in [2.45, 2.75) is 26.3 Å². The zero-order valence-electron chi connectivity index (χ0n) is 17.3. The van der Waals surface area contributed by atoms with Crippen molar-refractivity contribution in [3.63, 3.8) is 0 Å². The third-order valence-corrected chi connectivity index (χ3v) is 4.53. The second-order valence-corrected chi connectivity index (χ2v) is 7.08. The average molecular weight is 420 g/mol. The van der Waals surface area contributed by atoms with Crippen molar-refractivity contribution in [3.05, 3.63) is 72.3 Å². The van der Waals surface area contributed by atoms with Crippen molar-refractivity contribution in [1.82, 2.24) is 25.4 Å². The van der Waals surface area contributed by atoms with E-state index >= 15 is 0 Å². The molecule has 0 radical (unpaired) electrons. The van der Waals surface area contributed by atoms with Crippen LogP contribution in [0.3, 0.4) is 0 Å². The zero-order valence-corrected chi connectivity index (χ0v) is 17.3. The van der Waals surface area contributed by atoms with Crippen molar-refractivity contribution >= 4 is 23.4 Å². The van der Waals surface area contributed by atoms with Crippen LogP contribution in [0.15, 0.2) is 61.2 Å². The second kappa shape index (κ2) is 10.1. The molecule has 3 rings (SSSR count). The molecule has 0 bridgehead atoms. The third-order valence-electron chi connectivity index (χ3n) is 4.53. The molecule has 0 saturated heterocycles. The van der Waals surface area contributed by atoms with Gasteiger partial charge in [0.25, 0.3) is 0 Å². The smallest absolute Gasteiger partial charge is 0.243 e. The highest BCUT2D eigenvalue weighted by atomic mass is 16.2. The molecule has 3 aromatic rings. The van der Waals surface area contributed by atoms with Crippen LogP contribution in [0.1, 0.15) is 30.5 Å². The number of hydrogen-bond acceptors (Lipinski definition) is 5. The van der Waals surface area contributed by atoms with Crippen LogP contribution in [-0.2, 0) is 14.4 Å². The number of aryl methyl sites for hydroxylation is 1. The molecular weight excluding hydrogens is 396 g/mol. The predicted molar refractivity (Wildman–Crippen MR) is 115 cm³/mol. The highest BCUT2D eigenvalue weighted by Gasteiger charge is 2.17. The molecule has 3 amide bonds. The van der Waals surface area contributed by atoms with Gasteiger partial charge in [-0.2, -0.15) is 5.10 Å². The van der Waals surface area contributed by atoms with E-state index in [4.69, 9.17) is 0 Å². The summed E-state index contributed by atoms with van der Waals surface area (Å²) in [5, 5.41) is 12.1. The molecule has 1 aromatic heterocycles. The number of anilines is 1. The molecule has 160 valence electrons. The largest absolute Gasteiger partial charge is 0.349 e. The number of carbonyl (C=O) groups excluding carboxylic acids is 3. The van der Waals surface area contributed by atoms with Gasteiger partial charge in [0.05, 0.1) is 24.7 Å². The molecule has 0 saturated carbocycles. The first-order chi connectivity index (χ1) is 14.9. The summed E-state index contributed by atoms with van der Waals surface area (Å²) in [5.41, 5.74) is 3.32. The summed E-state index contributed by atoms with van der Waals surface area (Å²) in [7, 11) is 0. The molecule has 2 aromatic carbocycles. The summed E-state index contributed by atoms with van der Waals surface area (Å²) >= 11 is 0. The fourth-order valence-corrected chi connectivity index (χ4v) is 2.98. The van der Waals surface area contributed by atoms with Crippen molar-refractivity contribution in [2.24, 2.45) is 0 Å². The lowest BCUT2D eigenvalue weighted by molar-refractivity contribution is -0.125. The molecule has 1 heterocycles. The molecule has 31 heavy (non-hydrogen) atoms. The molecule has 0 aliphatic carbocycles. The van der Waals surface area contributed by atoms with E-state index in [-0.39, 0.29) is 30.7 Å². The Morgan fingerprint density at radius 1 is 1.00 bits per heavy atom. The molecule has 1 unspecified atom stereocenters. The number of aromatic nitrogens is 3. The number of hydrogen-bond donors (Lipinski definition) is 3. The van der Waals surface area contributed by atoms with Gasteiger partial charge in [-0.3, -0.25) is 14.4 Å². The molecule has 3 N–H and O–H groups in total. The molecule has 1 atom stereocenters. The van der Waals surface area contributed by atoms with Crippen LogP contribution in [0.4, 0.5) is 5.69 Å². The first-order valence-electron chi connectivity index (χ1n) is 9.76. The summed E-state index contributed by atoms with van der Waals surface area (Å²) in [4.78, 5) is 39.9. The number of benzene rings is 2. The molecule has 0 aliphatic heterocycles. The normalized spacial score (nSPS) is 11.4. The van der Waals surface area contributed by atoms with E-state index in [9.17, 15) is 14.4 Å². The van der Waals surface area contributed by atoms with E-state index in [1.165, 1.54) is 13.3 Å². The van der Waals surface area contributed by atoms with E-state index < -0.39 is 6.04 Å². The molecular formula is C22H24N6O3. The standard InChI is InChI=1S/C22H24N6O3/c1-15-3-5-17(6-4-15)20(26-16(2)29)11-21(30)24-12-22(31)27-18-7-9-19(10-8-18)28-14-23-13-25-28/h3-10,13-14,20H,11-12H2,1-2H3,(H,24,30)(H,26,29)(H,27,31). The maximum absolute atomic E-state index is 12.4. The average Bonchev–Trinajstić information content (AvgIpc) is 3.27. The van der Waals surface area contributed by atoms with Crippen molar-refractivity contribution in [2.75, 3.05) is 11.9 Å². The fraction of sp³-hybridized carbons (Fsp3) is 0.227. The van der Waals surface area contributed by atoms with Crippen LogP contribution < -0.4 is 16.0 Å². The third kappa shape index (κ3) is 6.49. The Kier molecular flexibility index (Phi) is 7.10. The van der Waals surface area contributed by atoms with E-state index in [0.29, 0.717) is 5.69 Å². The Morgan fingerprint density at radius 2 is 1.71 bits per heavy atom. The minimum Gasteiger partial charge on any atom is -0.349 e. The topological polar surface area (TPSA) is 118 Å². The Morgan fingerprint density at radius 3 is 2.32 bits per heavy atom. The lowest BCUT2D eigenvalue weighted by Crippen LogP contribution is -2.36. The van der Waals surface area contributed by atoms with E-state index in [2.05, 4.69) is 26.0 Å². The van der Waals surface area contributed by atoms with E-state index in [1.807, 2.05) is 31.2 Å². The molecule has 0 spiro atoms. The van der Waals surface area contributed by atoms with Gasteiger partial charge in [0.15, 0.2) is 0 Å². The van der Waals surface area contributed by atoms with Crippen LogP contribution in [0.25, 0.3) is 5.69 Å². The van der Waals surface area contributed by atoms with Crippen molar-refractivity contribution < 1.29 is 14.4 Å². The lowest BCUT2D eigenvalue weighted by atomic mass is 10.0. The molecule has 0 fully saturated rings. The number of nitrogens with zero attached hydrogens (tertiary/aromatic N) is 3. The van der Waals surface area contributed by atoms with Gasteiger partial charge >= 0.3 is 0 Å². The first kappa shape index (κ1) is 21.7. The van der Waals surface area contributed by atoms with Gasteiger partial charge < -0.3 is 16.0 Å². The summed E-state index contributed by atoms with van der Waals surface area (Å²) in [6.07, 6.45) is 3.05. The van der Waals surface area contributed by atoms with Gasteiger partial charge in [0.1, 0.15) is 12.7 Å². The Bertz CT molecular complexity index is 1030. The minimum absolute atomic E-state index is 0.0303. The van der Waals surface area contributed by atoms with Gasteiger partial charge in [-0.25, -0.2) is 9.67 Å². The fourth-order valence-electron chi connectivity index (χ4n) is 2.98. The monoisotopic (exact) mass is 420 g/mol. The maximum Gasteiger partial charge on any atom is 0.243 e. The van der Waals surface area contributed by atoms with E-state index in [0.717, 1.165) is 16.8 Å². The van der Waals surface area contributed by atoms with Crippen LogP contribution in [0.5, 0.6) is 0 Å². The van der Waals surface area contributed by atoms with E-state index in [1.54, 1.807) is 35.3 Å². The molecule has 9 nitrogen and oxygen atoms in total. The summed E-state index contributed by atoms with van der Waals surface area (Å²) in [6.45, 7) is 3.19. The quantitative estimate of drug-likeness (QED) is 0.514. The van der Waals surface area contributed by atoms with Crippen molar-refractivity contribution in [1.29, 1.82) is 0 Å². The summed E-state index contributed by atoms with van der Waals surface area (Å²) in [6, 6.07) is 14.2. The number of rotatable bonds is 8. The number of amides is 3. The Labute approximate surface area is 179 Å². The summed E-state index contributed by atoms with van der Waals surface area (Å²) < 4.78 is 1.60. The summed E-state index contributed by atoms with van der Waals surface area (Å²) in [5.74, 6) is -0.922. The Hall–Kier alpha value is -4.01. The van der Waals surface area contributed by atoms with Gasteiger partial charge in [0.2, 0.25) is 17.7 Å². The second-order valence-electron chi connectivity index (χ2n) is 7.08. The predicted octanol–water partition coefficient (Wildman–Crippen LogP) is 1.90. The highest BCUT2D eigenvalue weighted by molar-refractivity contribution is 5.94. The Balaban J connectivity index is 1.51. The van der Waals surface area contributed by atoms with Crippen LogP contribution >= 0.6 is 0 Å². The highest BCUT2D eigenvalue weighted by Crippen LogP contribution is 2.17. The van der Waals surface area contributed by atoms with Gasteiger partial charge in [-0.15, -0.1) is 0 Å².